The third-order valence-electron chi connectivity index (χ3n) is 3.39. The molecular weight excluding hydrogens is 308 g/mol. The zero-order valence-corrected chi connectivity index (χ0v) is 12.8. The number of nitrogens with zero attached hydrogens (tertiary/aromatic N) is 2. The fraction of sp³-hybridized carbons (Fsp3) is 0. The van der Waals surface area contributed by atoms with Crippen molar-refractivity contribution in [1.29, 1.82) is 0 Å². The molecule has 2 aromatic carbocycles. The first-order chi connectivity index (χ1) is 11.3. The van der Waals surface area contributed by atoms with Gasteiger partial charge in [-0.25, -0.2) is 9.98 Å². The zero-order valence-electron chi connectivity index (χ0n) is 12.0. The van der Waals surface area contributed by atoms with E-state index in [1.807, 2.05) is 54.0 Å². The Kier molecular flexibility index (Phi) is 3.36. The highest BCUT2D eigenvalue weighted by Gasteiger charge is 2.20. The lowest BCUT2D eigenvalue weighted by molar-refractivity contribution is -0.115. The minimum absolute atomic E-state index is 0.215. The molecule has 3 aromatic rings. The SMILES string of the molecule is O=C1NC(Nc2ccccc2)=N/C1=C\c1ccc2ncsc2c1. The van der Waals surface area contributed by atoms with Gasteiger partial charge in [0, 0.05) is 5.69 Å². The molecular formula is C17H12N4OS. The number of carbonyl (C=O) groups excluding carboxylic acids is 1. The number of thiazole rings is 1. The molecule has 2 heterocycles. The number of hydrogen-bond acceptors (Lipinski definition) is 5. The lowest BCUT2D eigenvalue weighted by atomic mass is 10.2. The third-order valence-corrected chi connectivity index (χ3v) is 4.18. The molecule has 0 spiro atoms. The number of fused-ring (bicyclic) bond motifs is 1. The van der Waals surface area contributed by atoms with Gasteiger partial charge in [0.1, 0.15) is 5.70 Å². The summed E-state index contributed by atoms with van der Waals surface area (Å²) >= 11 is 1.57. The molecule has 1 aliphatic heterocycles. The Morgan fingerprint density at radius 2 is 2.00 bits per heavy atom. The highest BCUT2D eigenvalue weighted by molar-refractivity contribution is 7.16. The van der Waals surface area contributed by atoms with E-state index in [4.69, 9.17) is 0 Å². The standard InChI is InChI=1S/C17H12N4OS/c22-16-14(8-11-6-7-13-15(9-11)23-10-18-13)20-17(21-16)19-12-4-2-1-3-5-12/h1-10H,(H2,19,20,21,22)/b14-8-. The van der Waals surface area contributed by atoms with E-state index in [0.29, 0.717) is 11.7 Å². The fourth-order valence-corrected chi connectivity index (χ4v) is 3.03. The Morgan fingerprint density at radius 3 is 2.87 bits per heavy atom. The molecule has 112 valence electrons. The van der Waals surface area contributed by atoms with Crippen LogP contribution in [0.2, 0.25) is 0 Å². The van der Waals surface area contributed by atoms with Gasteiger partial charge in [-0.05, 0) is 35.9 Å². The van der Waals surface area contributed by atoms with Gasteiger partial charge in [-0.3, -0.25) is 10.1 Å². The first-order valence-corrected chi connectivity index (χ1v) is 7.93. The van der Waals surface area contributed by atoms with Crippen molar-refractivity contribution in [2.75, 3.05) is 5.32 Å². The molecule has 6 heteroatoms. The predicted octanol–water partition coefficient (Wildman–Crippen LogP) is 3.24. The zero-order chi connectivity index (χ0) is 15.6. The predicted molar refractivity (Wildman–Crippen MR) is 93.2 cm³/mol. The number of anilines is 1. The van der Waals surface area contributed by atoms with E-state index in [1.165, 1.54) is 0 Å². The van der Waals surface area contributed by atoms with Crippen LogP contribution in [0.5, 0.6) is 0 Å². The van der Waals surface area contributed by atoms with Gasteiger partial charge >= 0.3 is 0 Å². The summed E-state index contributed by atoms with van der Waals surface area (Å²) < 4.78 is 1.09. The van der Waals surface area contributed by atoms with Crippen LogP contribution in [0.4, 0.5) is 5.69 Å². The van der Waals surface area contributed by atoms with Crippen molar-refractivity contribution >= 4 is 45.2 Å². The Labute approximate surface area is 136 Å². The van der Waals surface area contributed by atoms with Gasteiger partial charge in [0.15, 0.2) is 0 Å². The third kappa shape index (κ3) is 2.84. The smallest absolute Gasteiger partial charge is 0.276 e. The Morgan fingerprint density at radius 1 is 1.13 bits per heavy atom. The second-order valence-corrected chi connectivity index (χ2v) is 5.90. The van der Waals surface area contributed by atoms with Gasteiger partial charge in [0.2, 0.25) is 5.96 Å². The Bertz CT molecular complexity index is 943. The molecule has 0 saturated carbocycles. The van der Waals surface area contributed by atoms with E-state index >= 15 is 0 Å². The Balaban J connectivity index is 1.61. The van der Waals surface area contributed by atoms with E-state index in [0.717, 1.165) is 21.5 Å². The van der Waals surface area contributed by atoms with E-state index in [1.54, 1.807) is 17.4 Å². The highest BCUT2D eigenvalue weighted by Crippen LogP contribution is 2.21. The molecule has 0 aliphatic carbocycles. The van der Waals surface area contributed by atoms with Crippen molar-refractivity contribution in [2.45, 2.75) is 0 Å². The lowest BCUT2D eigenvalue weighted by Crippen LogP contribution is -2.29. The molecule has 0 fully saturated rings. The maximum Gasteiger partial charge on any atom is 0.276 e. The number of hydrogen-bond donors (Lipinski definition) is 2. The quantitative estimate of drug-likeness (QED) is 0.712. The van der Waals surface area contributed by atoms with Crippen molar-refractivity contribution < 1.29 is 4.79 Å². The molecule has 1 aromatic heterocycles. The number of aliphatic imine (C=N–C) groups is 1. The van der Waals surface area contributed by atoms with Crippen LogP contribution in [-0.4, -0.2) is 16.9 Å². The number of guanidine groups is 1. The largest absolute Gasteiger partial charge is 0.326 e. The van der Waals surface area contributed by atoms with Crippen LogP contribution in [0.15, 0.2) is 64.7 Å². The number of para-hydroxylation sites is 1. The average Bonchev–Trinajstić information content (AvgIpc) is 3.15. The normalized spacial score (nSPS) is 15.7. The second-order valence-electron chi connectivity index (χ2n) is 5.01. The average molecular weight is 320 g/mol. The first-order valence-electron chi connectivity index (χ1n) is 7.05. The minimum atomic E-state index is -0.215. The molecule has 5 nitrogen and oxygen atoms in total. The molecule has 2 N–H and O–H groups in total. The van der Waals surface area contributed by atoms with Gasteiger partial charge in [-0.15, -0.1) is 11.3 Å². The molecule has 0 atom stereocenters. The topological polar surface area (TPSA) is 66.4 Å². The number of benzene rings is 2. The van der Waals surface area contributed by atoms with Gasteiger partial charge in [0.25, 0.3) is 5.91 Å². The van der Waals surface area contributed by atoms with E-state index in [-0.39, 0.29) is 5.91 Å². The van der Waals surface area contributed by atoms with Crippen molar-refractivity contribution in [2.24, 2.45) is 4.99 Å². The molecule has 0 radical (unpaired) electrons. The molecule has 1 amide bonds. The van der Waals surface area contributed by atoms with Gasteiger partial charge in [-0.1, -0.05) is 24.3 Å². The number of amides is 1. The molecule has 0 bridgehead atoms. The van der Waals surface area contributed by atoms with Crippen LogP contribution in [0.25, 0.3) is 16.3 Å². The number of rotatable bonds is 2. The maximum atomic E-state index is 12.0. The van der Waals surface area contributed by atoms with Crippen LogP contribution in [0.1, 0.15) is 5.56 Å². The van der Waals surface area contributed by atoms with Crippen LogP contribution in [0, 0.1) is 0 Å². The van der Waals surface area contributed by atoms with Crippen molar-refractivity contribution in [1.82, 2.24) is 10.3 Å². The summed E-state index contributed by atoms with van der Waals surface area (Å²) in [4.78, 5) is 20.6. The van der Waals surface area contributed by atoms with Crippen molar-refractivity contribution in [3.05, 3.63) is 65.3 Å². The van der Waals surface area contributed by atoms with E-state index in [9.17, 15) is 4.79 Å². The fourth-order valence-electron chi connectivity index (χ4n) is 2.31. The monoisotopic (exact) mass is 320 g/mol. The summed E-state index contributed by atoms with van der Waals surface area (Å²) in [5.41, 5.74) is 4.95. The number of carbonyl (C=O) groups is 1. The van der Waals surface area contributed by atoms with Crippen LogP contribution in [-0.2, 0) is 4.79 Å². The summed E-state index contributed by atoms with van der Waals surface area (Å²) in [6.07, 6.45) is 1.77. The van der Waals surface area contributed by atoms with Gasteiger partial charge < -0.3 is 5.32 Å². The van der Waals surface area contributed by atoms with Crippen molar-refractivity contribution in [3.8, 4) is 0 Å². The van der Waals surface area contributed by atoms with Gasteiger partial charge in [-0.2, -0.15) is 0 Å². The summed E-state index contributed by atoms with van der Waals surface area (Å²) in [5, 5.41) is 5.81. The first kappa shape index (κ1) is 13.7. The van der Waals surface area contributed by atoms with E-state index in [2.05, 4.69) is 20.6 Å². The van der Waals surface area contributed by atoms with Crippen LogP contribution < -0.4 is 10.6 Å². The summed E-state index contributed by atoms with van der Waals surface area (Å²) in [6, 6.07) is 15.5. The molecule has 23 heavy (non-hydrogen) atoms. The lowest BCUT2D eigenvalue weighted by Gasteiger charge is -2.03. The molecule has 4 rings (SSSR count). The second kappa shape index (κ2) is 5.66. The van der Waals surface area contributed by atoms with Crippen LogP contribution in [0.3, 0.4) is 0 Å². The van der Waals surface area contributed by atoms with E-state index < -0.39 is 0 Å². The molecule has 0 unspecified atom stereocenters. The number of aromatic nitrogens is 1. The number of nitrogens with one attached hydrogen (secondary N) is 2. The molecule has 0 saturated heterocycles. The maximum absolute atomic E-state index is 12.0. The molecule has 1 aliphatic rings. The summed E-state index contributed by atoms with van der Waals surface area (Å²) in [6.45, 7) is 0. The highest BCUT2D eigenvalue weighted by atomic mass is 32.1. The Hall–Kier alpha value is -2.99. The summed E-state index contributed by atoms with van der Waals surface area (Å²) in [5.74, 6) is 0.221. The minimum Gasteiger partial charge on any atom is -0.326 e. The summed E-state index contributed by atoms with van der Waals surface area (Å²) in [7, 11) is 0. The van der Waals surface area contributed by atoms with Crippen molar-refractivity contribution in [3.63, 3.8) is 0 Å². The van der Waals surface area contributed by atoms with Crippen LogP contribution >= 0.6 is 11.3 Å². The van der Waals surface area contributed by atoms with Gasteiger partial charge in [0.05, 0.1) is 15.7 Å².